The van der Waals surface area contributed by atoms with E-state index in [1.807, 2.05) is 0 Å². The molecule has 0 atom stereocenters. The smallest absolute Gasteiger partial charge is 0.157 e. The van der Waals surface area contributed by atoms with Gasteiger partial charge in [-0.25, -0.2) is 0 Å². The number of rotatable bonds is 7. The highest BCUT2D eigenvalue weighted by atomic mass is 28.2. The standard InChI is InChI=1S/C11H20O2Si/c1-9(2)10(12)7-6-8-14-11(3,4)13-5/h1,6-8H2,2-5H3. The van der Waals surface area contributed by atoms with E-state index in [4.69, 9.17) is 4.74 Å². The van der Waals surface area contributed by atoms with Crippen LogP contribution in [0.2, 0.25) is 6.04 Å². The van der Waals surface area contributed by atoms with Crippen molar-refractivity contribution in [2.45, 2.75) is 44.9 Å². The summed E-state index contributed by atoms with van der Waals surface area (Å²) in [5.41, 5.74) is 0.666. The number of hydrogen-bond acceptors (Lipinski definition) is 2. The second-order valence-electron chi connectivity index (χ2n) is 3.95. The monoisotopic (exact) mass is 212 g/mol. The van der Waals surface area contributed by atoms with E-state index in [0.717, 1.165) is 22.0 Å². The summed E-state index contributed by atoms with van der Waals surface area (Å²) in [6.45, 7) is 9.55. The van der Waals surface area contributed by atoms with E-state index >= 15 is 0 Å². The highest BCUT2D eigenvalue weighted by Gasteiger charge is 2.16. The highest BCUT2D eigenvalue weighted by molar-refractivity contribution is 6.39. The lowest BCUT2D eigenvalue weighted by molar-refractivity contribution is -0.115. The van der Waals surface area contributed by atoms with Crippen molar-refractivity contribution in [2.24, 2.45) is 0 Å². The Labute approximate surface area is 89.5 Å². The minimum atomic E-state index is -0.0354. The summed E-state index contributed by atoms with van der Waals surface area (Å²) in [6.07, 6.45) is 1.57. The summed E-state index contributed by atoms with van der Waals surface area (Å²) in [6, 6.07) is 1.06. The van der Waals surface area contributed by atoms with Crippen molar-refractivity contribution in [3.05, 3.63) is 12.2 Å². The number of hydrogen-bond donors (Lipinski definition) is 0. The minimum absolute atomic E-state index is 0.0354. The summed E-state index contributed by atoms with van der Waals surface area (Å²) < 4.78 is 5.30. The summed E-state index contributed by atoms with van der Waals surface area (Å²) >= 11 is 0. The number of Topliss-reactive ketones (excluding diaryl/α,β-unsaturated/α-hetero) is 1. The molecule has 0 heterocycles. The quantitative estimate of drug-likeness (QED) is 0.368. The number of allylic oxidation sites excluding steroid dienone is 1. The molecule has 0 saturated heterocycles. The third kappa shape index (κ3) is 6.10. The molecule has 0 aliphatic carbocycles. The van der Waals surface area contributed by atoms with Gasteiger partial charge in [0.15, 0.2) is 5.78 Å². The van der Waals surface area contributed by atoms with Crippen LogP contribution < -0.4 is 0 Å². The summed E-state index contributed by atoms with van der Waals surface area (Å²) in [5, 5.41) is -0.0354. The number of methoxy groups -OCH3 is 1. The van der Waals surface area contributed by atoms with Crippen LogP contribution in [0.1, 0.15) is 33.6 Å². The molecule has 0 aliphatic heterocycles. The van der Waals surface area contributed by atoms with E-state index in [1.54, 1.807) is 14.0 Å². The molecule has 80 valence electrons. The first-order valence-electron chi connectivity index (χ1n) is 4.88. The normalized spacial score (nSPS) is 11.4. The molecular formula is C11H20O2Si. The van der Waals surface area contributed by atoms with Crippen molar-refractivity contribution in [3.8, 4) is 0 Å². The van der Waals surface area contributed by atoms with E-state index in [1.165, 1.54) is 0 Å². The molecule has 0 unspecified atom stereocenters. The maximum Gasteiger partial charge on any atom is 0.157 e. The third-order valence-electron chi connectivity index (χ3n) is 2.12. The van der Waals surface area contributed by atoms with Gasteiger partial charge in [-0.05, 0) is 32.8 Å². The number of carbonyl (C=O) groups is 1. The van der Waals surface area contributed by atoms with Crippen molar-refractivity contribution < 1.29 is 9.53 Å². The van der Waals surface area contributed by atoms with Gasteiger partial charge in [0.25, 0.3) is 0 Å². The molecule has 14 heavy (non-hydrogen) atoms. The fourth-order valence-electron chi connectivity index (χ4n) is 0.924. The van der Waals surface area contributed by atoms with Gasteiger partial charge in [0.05, 0.1) is 9.52 Å². The first kappa shape index (κ1) is 13.6. The average Bonchev–Trinajstić information content (AvgIpc) is 2.12. The third-order valence-corrected chi connectivity index (χ3v) is 3.78. The zero-order chi connectivity index (χ0) is 11.2. The summed E-state index contributed by atoms with van der Waals surface area (Å²) in [4.78, 5) is 11.2. The molecule has 3 heteroatoms. The van der Waals surface area contributed by atoms with Crippen LogP contribution in [0.5, 0.6) is 0 Å². The Bertz CT molecular complexity index is 209. The Kier molecular flexibility index (Phi) is 5.96. The molecule has 0 aromatic carbocycles. The lowest BCUT2D eigenvalue weighted by atomic mass is 10.1. The van der Waals surface area contributed by atoms with Gasteiger partial charge in [0.1, 0.15) is 0 Å². The van der Waals surface area contributed by atoms with Crippen molar-refractivity contribution in [1.29, 1.82) is 0 Å². The van der Waals surface area contributed by atoms with E-state index in [2.05, 4.69) is 20.4 Å². The molecule has 0 saturated carbocycles. The van der Waals surface area contributed by atoms with Crippen LogP contribution in [0.25, 0.3) is 0 Å². The zero-order valence-corrected chi connectivity index (χ0v) is 10.6. The van der Waals surface area contributed by atoms with Gasteiger partial charge in [-0.1, -0.05) is 12.6 Å². The second kappa shape index (κ2) is 6.14. The molecular weight excluding hydrogens is 192 g/mol. The maximum absolute atomic E-state index is 11.2. The number of ether oxygens (including phenoxy) is 1. The van der Waals surface area contributed by atoms with Crippen molar-refractivity contribution in [2.75, 3.05) is 7.11 Å². The minimum Gasteiger partial charge on any atom is -0.383 e. The predicted molar refractivity (Wildman–Crippen MR) is 60.7 cm³/mol. The Morgan fingerprint density at radius 3 is 2.50 bits per heavy atom. The highest BCUT2D eigenvalue weighted by Crippen LogP contribution is 2.10. The number of ketones is 1. The van der Waals surface area contributed by atoms with Crippen molar-refractivity contribution >= 4 is 15.3 Å². The Balaban J connectivity index is 3.57. The topological polar surface area (TPSA) is 26.3 Å². The van der Waals surface area contributed by atoms with Gasteiger partial charge < -0.3 is 4.74 Å². The van der Waals surface area contributed by atoms with Gasteiger partial charge in [0.2, 0.25) is 0 Å². The first-order chi connectivity index (χ1) is 6.39. The molecule has 0 aromatic rings. The van der Waals surface area contributed by atoms with Crippen LogP contribution in [0.4, 0.5) is 0 Å². The van der Waals surface area contributed by atoms with Crippen LogP contribution in [0, 0.1) is 0 Å². The molecule has 0 aromatic heterocycles. The van der Waals surface area contributed by atoms with Crippen molar-refractivity contribution in [3.63, 3.8) is 0 Å². The van der Waals surface area contributed by atoms with E-state index in [9.17, 15) is 4.79 Å². The van der Waals surface area contributed by atoms with Crippen molar-refractivity contribution in [1.82, 2.24) is 0 Å². The largest absolute Gasteiger partial charge is 0.383 e. The van der Waals surface area contributed by atoms with Gasteiger partial charge in [-0.3, -0.25) is 4.79 Å². The average molecular weight is 212 g/mol. The van der Waals surface area contributed by atoms with Crippen LogP contribution in [0.3, 0.4) is 0 Å². The Morgan fingerprint density at radius 1 is 1.50 bits per heavy atom. The SMILES string of the molecule is C=C(C)C(=O)CCC[Si]C(C)(C)OC. The van der Waals surface area contributed by atoms with Gasteiger partial charge >= 0.3 is 0 Å². The van der Waals surface area contributed by atoms with Crippen LogP contribution in [-0.2, 0) is 9.53 Å². The Morgan fingerprint density at radius 2 is 2.07 bits per heavy atom. The fourth-order valence-corrected chi connectivity index (χ4v) is 2.02. The molecule has 2 nitrogen and oxygen atoms in total. The fraction of sp³-hybridized carbons (Fsp3) is 0.727. The molecule has 0 spiro atoms. The lowest BCUT2D eigenvalue weighted by Crippen LogP contribution is -2.30. The molecule has 2 radical (unpaired) electrons. The van der Waals surface area contributed by atoms with Gasteiger partial charge in [-0.2, -0.15) is 0 Å². The predicted octanol–water partition coefficient (Wildman–Crippen LogP) is 2.42. The molecule has 0 bridgehead atoms. The maximum atomic E-state index is 11.2. The van der Waals surface area contributed by atoms with Crippen LogP contribution >= 0.6 is 0 Å². The van der Waals surface area contributed by atoms with Crippen LogP contribution in [-0.4, -0.2) is 27.6 Å². The van der Waals surface area contributed by atoms with Gasteiger partial charge in [0, 0.05) is 18.8 Å². The van der Waals surface area contributed by atoms with Crippen LogP contribution in [0.15, 0.2) is 12.2 Å². The molecule has 0 amide bonds. The van der Waals surface area contributed by atoms with E-state index in [0.29, 0.717) is 12.0 Å². The molecule has 0 fully saturated rings. The lowest BCUT2D eigenvalue weighted by Gasteiger charge is -2.21. The summed E-state index contributed by atoms with van der Waals surface area (Å²) in [5.74, 6) is 0.185. The first-order valence-corrected chi connectivity index (χ1v) is 6.08. The molecule has 0 aliphatic rings. The number of carbonyl (C=O) groups excluding carboxylic acids is 1. The van der Waals surface area contributed by atoms with Gasteiger partial charge in [-0.15, -0.1) is 0 Å². The molecule has 0 N–H and O–H groups in total. The van der Waals surface area contributed by atoms with E-state index < -0.39 is 0 Å². The zero-order valence-electron chi connectivity index (χ0n) is 9.64. The Hall–Kier alpha value is -0.413. The summed E-state index contributed by atoms with van der Waals surface area (Å²) in [7, 11) is 2.48. The van der Waals surface area contributed by atoms with E-state index in [-0.39, 0.29) is 11.0 Å². The molecule has 0 rings (SSSR count). The second-order valence-corrected chi connectivity index (χ2v) is 6.01.